The highest BCUT2D eigenvalue weighted by Gasteiger charge is 2.37. The second-order valence-electron chi connectivity index (χ2n) is 7.78. The first-order valence-electron chi connectivity index (χ1n) is 10.3. The number of ether oxygens (including phenoxy) is 1. The predicted molar refractivity (Wildman–Crippen MR) is 120 cm³/mol. The van der Waals surface area contributed by atoms with Crippen molar-refractivity contribution >= 4 is 40.9 Å². The fourth-order valence-corrected chi connectivity index (χ4v) is 4.97. The number of methoxy groups -OCH3 is 1. The fraction of sp³-hybridized carbons (Fsp3) is 0.348. The first kappa shape index (κ1) is 21.2. The molecular weight excluding hydrogens is 414 g/mol. The summed E-state index contributed by atoms with van der Waals surface area (Å²) < 4.78 is 5.33. The van der Waals surface area contributed by atoms with Crippen LogP contribution < -0.4 is 15.4 Å². The molecule has 1 atom stereocenters. The molecular formula is C23H25N3O4S. The number of hydrogen-bond donors (Lipinski definition) is 2. The van der Waals surface area contributed by atoms with Crippen molar-refractivity contribution in [2.24, 2.45) is 5.92 Å². The van der Waals surface area contributed by atoms with Gasteiger partial charge in [0.1, 0.15) is 5.75 Å². The number of thioether (sulfide) groups is 1. The predicted octanol–water partition coefficient (Wildman–Crippen LogP) is 3.29. The number of carbonyl (C=O) groups is 3. The van der Waals surface area contributed by atoms with Gasteiger partial charge in [0.25, 0.3) is 0 Å². The van der Waals surface area contributed by atoms with Gasteiger partial charge in [0, 0.05) is 23.9 Å². The van der Waals surface area contributed by atoms with Crippen LogP contribution in [-0.2, 0) is 14.4 Å². The van der Waals surface area contributed by atoms with E-state index in [2.05, 4.69) is 10.6 Å². The third kappa shape index (κ3) is 4.54. The minimum Gasteiger partial charge on any atom is -0.495 e. The number of nitrogens with one attached hydrogen (secondary N) is 2. The molecule has 7 nitrogen and oxygen atoms in total. The van der Waals surface area contributed by atoms with Gasteiger partial charge in [0.2, 0.25) is 17.7 Å². The van der Waals surface area contributed by atoms with Crippen LogP contribution in [0.15, 0.2) is 47.4 Å². The summed E-state index contributed by atoms with van der Waals surface area (Å²) >= 11 is 1.28. The van der Waals surface area contributed by atoms with Crippen molar-refractivity contribution in [1.82, 2.24) is 4.90 Å². The molecule has 0 aliphatic carbocycles. The molecule has 1 saturated heterocycles. The maximum atomic E-state index is 13.0. The summed E-state index contributed by atoms with van der Waals surface area (Å²) in [6.07, 6.45) is 1.11. The number of carbonyl (C=O) groups excluding carboxylic acids is 3. The summed E-state index contributed by atoms with van der Waals surface area (Å²) in [7, 11) is 1.57. The van der Waals surface area contributed by atoms with Gasteiger partial charge < -0.3 is 20.3 Å². The van der Waals surface area contributed by atoms with E-state index in [0.29, 0.717) is 37.4 Å². The van der Waals surface area contributed by atoms with Crippen molar-refractivity contribution in [1.29, 1.82) is 0 Å². The van der Waals surface area contributed by atoms with E-state index >= 15 is 0 Å². The van der Waals surface area contributed by atoms with E-state index in [1.54, 1.807) is 12.0 Å². The van der Waals surface area contributed by atoms with Crippen molar-refractivity contribution in [3.63, 3.8) is 0 Å². The molecule has 2 aliphatic rings. The lowest BCUT2D eigenvalue weighted by atomic mass is 9.95. The van der Waals surface area contributed by atoms with Crippen LogP contribution in [0.2, 0.25) is 0 Å². The number of aryl methyl sites for hydroxylation is 1. The van der Waals surface area contributed by atoms with Crippen LogP contribution in [0.3, 0.4) is 0 Å². The van der Waals surface area contributed by atoms with Gasteiger partial charge in [0.05, 0.1) is 18.5 Å². The van der Waals surface area contributed by atoms with E-state index in [9.17, 15) is 14.4 Å². The molecule has 2 aromatic rings. The highest BCUT2D eigenvalue weighted by Crippen LogP contribution is 2.36. The quantitative estimate of drug-likeness (QED) is 0.714. The normalized spacial score (nSPS) is 18.7. The molecule has 3 amide bonds. The number of piperidine rings is 1. The Morgan fingerprint density at radius 1 is 1.16 bits per heavy atom. The fourth-order valence-electron chi connectivity index (χ4n) is 3.90. The summed E-state index contributed by atoms with van der Waals surface area (Å²) in [6, 6.07) is 13.1. The van der Waals surface area contributed by atoms with E-state index in [0.717, 1.165) is 16.1 Å². The Bertz CT molecular complexity index is 1020. The second-order valence-corrected chi connectivity index (χ2v) is 8.92. The molecule has 31 heavy (non-hydrogen) atoms. The van der Waals surface area contributed by atoms with Gasteiger partial charge in [-0.3, -0.25) is 14.4 Å². The number of fused-ring (bicyclic) bond motifs is 1. The van der Waals surface area contributed by atoms with E-state index in [1.165, 1.54) is 11.8 Å². The van der Waals surface area contributed by atoms with Gasteiger partial charge in [-0.15, -0.1) is 11.8 Å². The molecule has 2 heterocycles. The number of benzene rings is 2. The topological polar surface area (TPSA) is 87.7 Å². The highest BCUT2D eigenvalue weighted by molar-refractivity contribution is 8.01. The van der Waals surface area contributed by atoms with Crippen LogP contribution in [-0.4, -0.2) is 48.1 Å². The lowest BCUT2D eigenvalue weighted by molar-refractivity contribution is -0.136. The molecule has 0 bridgehead atoms. The van der Waals surface area contributed by atoms with E-state index in [-0.39, 0.29) is 23.6 Å². The van der Waals surface area contributed by atoms with E-state index in [1.807, 2.05) is 49.4 Å². The van der Waals surface area contributed by atoms with Crippen LogP contribution in [0.25, 0.3) is 0 Å². The number of likely N-dealkylation sites (tertiary alicyclic amines) is 1. The zero-order valence-electron chi connectivity index (χ0n) is 17.5. The molecule has 8 heteroatoms. The van der Waals surface area contributed by atoms with Crippen LogP contribution in [0.5, 0.6) is 5.75 Å². The maximum absolute atomic E-state index is 13.0. The number of nitrogens with zero attached hydrogens (tertiary/aromatic N) is 1. The summed E-state index contributed by atoms with van der Waals surface area (Å²) in [5.41, 5.74) is 2.42. The first-order chi connectivity index (χ1) is 15.0. The minimum atomic E-state index is -0.795. The van der Waals surface area contributed by atoms with Crippen LogP contribution >= 0.6 is 11.8 Å². The van der Waals surface area contributed by atoms with Crippen molar-refractivity contribution in [2.75, 3.05) is 30.8 Å². The van der Waals surface area contributed by atoms with Gasteiger partial charge >= 0.3 is 0 Å². The average Bonchev–Trinajstić information content (AvgIpc) is 2.78. The molecule has 0 radical (unpaired) electrons. The van der Waals surface area contributed by atoms with Gasteiger partial charge in [0.15, 0.2) is 5.25 Å². The number of anilines is 2. The highest BCUT2D eigenvalue weighted by atomic mass is 32.2. The van der Waals surface area contributed by atoms with Crippen molar-refractivity contribution in [3.05, 3.63) is 48.0 Å². The van der Waals surface area contributed by atoms with E-state index < -0.39 is 5.25 Å². The second kappa shape index (κ2) is 9.01. The smallest absolute Gasteiger partial charge is 0.247 e. The largest absolute Gasteiger partial charge is 0.495 e. The Balaban J connectivity index is 1.35. The number of para-hydroxylation sites is 1. The number of rotatable bonds is 4. The average molecular weight is 440 g/mol. The Morgan fingerprint density at radius 3 is 2.65 bits per heavy atom. The van der Waals surface area contributed by atoms with Crippen LogP contribution in [0.1, 0.15) is 18.4 Å². The molecule has 0 spiro atoms. The minimum absolute atomic E-state index is 0.0743. The third-order valence-electron chi connectivity index (χ3n) is 5.64. The third-order valence-corrected chi connectivity index (χ3v) is 6.90. The van der Waals surface area contributed by atoms with Crippen molar-refractivity contribution in [2.45, 2.75) is 29.9 Å². The lowest BCUT2D eigenvalue weighted by Gasteiger charge is -2.34. The monoisotopic (exact) mass is 439 g/mol. The summed E-state index contributed by atoms with van der Waals surface area (Å²) in [6.45, 7) is 2.86. The zero-order valence-corrected chi connectivity index (χ0v) is 18.3. The molecule has 2 N–H and O–H groups in total. The summed E-state index contributed by atoms with van der Waals surface area (Å²) in [5, 5.41) is 4.98. The van der Waals surface area contributed by atoms with Crippen molar-refractivity contribution < 1.29 is 19.1 Å². The molecule has 0 aromatic heterocycles. The molecule has 2 aliphatic heterocycles. The standard InChI is InChI=1S/C23H25N3O4S/c1-14-7-8-18(30-2)17(13-14)25-21(27)15-9-11-26(12-10-15)23(29)20-22(28)24-16-5-3-4-6-19(16)31-20/h3-8,13,15,20H,9-12H2,1-2H3,(H,24,28)(H,25,27)/t20-/m1/s1. The van der Waals surface area contributed by atoms with E-state index in [4.69, 9.17) is 4.74 Å². The Morgan fingerprint density at radius 2 is 1.90 bits per heavy atom. The maximum Gasteiger partial charge on any atom is 0.247 e. The van der Waals surface area contributed by atoms with Gasteiger partial charge in [-0.05, 0) is 49.6 Å². The molecule has 0 unspecified atom stereocenters. The van der Waals surface area contributed by atoms with Gasteiger partial charge in [-0.25, -0.2) is 0 Å². The van der Waals surface area contributed by atoms with Gasteiger partial charge in [-0.2, -0.15) is 0 Å². The summed E-state index contributed by atoms with van der Waals surface area (Å²) in [5.74, 6) is -0.138. The lowest BCUT2D eigenvalue weighted by Crippen LogP contribution is -2.48. The van der Waals surface area contributed by atoms with Crippen LogP contribution in [0.4, 0.5) is 11.4 Å². The zero-order chi connectivity index (χ0) is 22.0. The molecule has 4 rings (SSSR count). The Labute approximate surface area is 185 Å². The SMILES string of the molecule is COc1ccc(C)cc1NC(=O)C1CCN(C(=O)[C@@H]2Sc3ccccc3NC2=O)CC1. The number of amides is 3. The molecule has 162 valence electrons. The molecule has 1 fully saturated rings. The molecule has 0 saturated carbocycles. The summed E-state index contributed by atoms with van der Waals surface area (Å²) in [4.78, 5) is 40.8. The van der Waals surface area contributed by atoms with Crippen molar-refractivity contribution in [3.8, 4) is 5.75 Å². The van der Waals surface area contributed by atoms with Crippen LogP contribution in [0, 0.1) is 12.8 Å². The van der Waals surface area contributed by atoms with Gasteiger partial charge in [-0.1, -0.05) is 18.2 Å². The Hall–Kier alpha value is -3.00. The molecule has 2 aromatic carbocycles. The first-order valence-corrected chi connectivity index (χ1v) is 11.1. The Kier molecular flexibility index (Phi) is 6.18. The number of hydrogen-bond acceptors (Lipinski definition) is 5.